The van der Waals surface area contributed by atoms with Crippen LogP contribution in [0.15, 0.2) is 66.9 Å². The number of dihydropyridines is 1. The number of allylic oxidation sites excluding steroid dienone is 2. The molecule has 1 aliphatic rings. The molecule has 0 spiro atoms. The fourth-order valence-corrected chi connectivity index (χ4v) is 2.93. The van der Waals surface area contributed by atoms with Crippen LogP contribution in [0.5, 0.6) is 0 Å². The molecule has 0 saturated carbocycles. The number of nitrogens with one attached hydrogen (secondary N) is 1. The Morgan fingerprint density at radius 2 is 1.64 bits per heavy atom. The molecule has 0 aliphatic carbocycles. The number of benzene rings is 2. The quantitative estimate of drug-likeness (QED) is 0.786. The van der Waals surface area contributed by atoms with E-state index in [1.807, 2.05) is 12.3 Å². The zero-order chi connectivity index (χ0) is 15.5. The third-order valence-electron chi connectivity index (χ3n) is 4.22. The van der Waals surface area contributed by atoms with Crippen molar-refractivity contribution in [2.45, 2.75) is 32.7 Å². The molecule has 1 N–H and O–H groups in total. The molecule has 1 nitrogen and oxygen atoms in total. The molecule has 3 rings (SSSR count). The zero-order valence-electron chi connectivity index (χ0n) is 13.5. The largest absolute Gasteiger partial charge is 0.381 e. The van der Waals surface area contributed by atoms with Gasteiger partial charge in [0.1, 0.15) is 0 Å². The van der Waals surface area contributed by atoms with Gasteiger partial charge in [-0.25, -0.2) is 0 Å². The molecule has 1 heterocycles. The highest BCUT2D eigenvalue weighted by molar-refractivity contribution is 5.66. The molecule has 0 radical (unpaired) electrons. The third kappa shape index (κ3) is 2.99. The molecule has 1 heteroatoms. The van der Waals surface area contributed by atoms with Gasteiger partial charge < -0.3 is 5.32 Å². The van der Waals surface area contributed by atoms with Gasteiger partial charge in [-0.2, -0.15) is 0 Å². The molecule has 22 heavy (non-hydrogen) atoms. The lowest BCUT2D eigenvalue weighted by Crippen LogP contribution is -2.17. The molecule has 0 fully saturated rings. The van der Waals surface area contributed by atoms with E-state index in [0.717, 1.165) is 0 Å². The molecule has 1 atom stereocenters. The fourth-order valence-electron chi connectivity index (χ4n) is 2.93. The second kappa shape index (κ2) is 6.23. The molecule has 1 unspecified atom stereocenters. The van der Waals surface area contributed by atoms with Crippen molar-refractivity contribution in [1.82, 2.24) is 5.32 Å². The second-order valence-corrected chi connectivity index (χ2v) is 6.25. The van der Waals surface area contributed by atoms with Crippen molar-refractivity contribution < 1.29 is 0 Å². The van der Waals surface area contributed by atoms with E-state index in [1.54, 1.807) is 0 Å². The van der Waals surface area contributed by atoms with Crippen molar-refractivity contribution >= 4 is 0 Å². The highest BCUT2D eigenvalue weighted by Gasteiger charge is 2.15. The summed E-state index contributed by atoms with van der Waals surface area (Å²) in [7, 11) is 0. The lowest BCUT2D eigenvalue weighted by molar-refractivity contribution is 0.719. The first-order chi connectivity index (χ1) is 10.6. The molecule has 2 aromatic carbocycles. The normalized spacial score (nSPS) is 16.8. The zero-order valence-corrected chi connectivity index (χ0v) is 13.5. The molecule has 0 amide bonds. The highest BCUT2D eigenvalue weighted by Crippen LogP contribution is 2.31. The van der Waals surface area contributed by atoms with Crippen LogP contribution in [0, 0.1) is 6.92 Å². The van der Waals surface area contributed by atoms with E-state index in [1.165, 1.54) is 27.8 Å². The average molecular weight is 289 g/mol. The fraction of sp³-hybridized carbons (Fsp3) is 0.238. The van der Waals surface area contributed by atoms with Crippen LogP contribution in [-0.4, -0.2) is 0 Å². The SMILES string of the molecule is Cc1ccc(-c2ccc(C(C)C)c(C3C=CC=CN3)c2)cc1. The summed E-state index contributed by atoms with van der Waals surface area (Å²) in [4.78, 5) is 0. The Morgan fingerprint density at radius 3 is 2.27 bits per heavy atom. The van der Waals surface area contributed by atoms with Crippen LogP contribution in [0.3, 0.4) is 0 Å². The van der Waals surface area contributed by atoms with Gasteiger partial charge in [-0.05, 0) is 53.4 Å². The molecule has 112 valence electrons. The summed E-state index contributed by atoms with van der Waals surface area (Å²) >= 11 is 0. The lowest BCUT2D eigenvalue weighted by Gasteiger charge is -2.22. The number of rotatable bonds is 3. The summed E-state index contributed by atoms with van der Waals surface area (Å²) in [5, 5.41) is 3.45. The van der Waals surface area contributed by atoms with E-state index in [-0.39, 0.29) is 6.04 Å². The van der Waals surface area contributed by atoms with Crippen molar-refractivity contribution in [3.05, 3.63) is 83.6 Å². The monoisotopic (exact) mass is 289 g/mol. The summed E-state index contributed by atoms with van der Waals surface area (Å²) in [6.07, 6.45) is 8.40. The van der Waals surface area contributed by atoms with Crippen molar-refractivity contribution in [2.75, 3.05) is 0 Å². The van der Waals surface area contributed by atoms with Crippen molar-refractivity contribution in [2.24, 2.45) is 0 Å². The van der Waals surface area contributed by atoms with Gasteiger partial charge in [-0.1, -0.05) is 68.0 Å². The van der Waals surface area contributed by atoms with Crippen LogP contribution in [0.1, 0.15) is 42.5 Å². The van der Waals surface area contributed by atoms with Crippen molar-refractivity contribution in [3.8, 4) is 11.1 Å². The van der Waals surface area contributed by atoms with E-state index in [2.05, 4.69) is 80.7 Å². The van der Waals surface area contributed by atoms with E-state index in [0.29, 0.717) is 5.92 Å². The van der Waals surface area contributed by atoms with Crippen LogP contribution < -0.4 is 5.32 Å². The van der Waals surface area contributed by atoms with Crippen LogP contribution >= 0.6 is 0 Å². The van der Waals surface area contributed by atoms with E-state index in [4.69, 9.17) is 0 Å². The van der Waals surface area contributed by atoms with Crippen LogP contribution in [-0.2, 0) is 0 Å². The Labute approximate surface area is 133 Å². The first-order valence-corrected chi connectivity index (χ1v) is 7.95. The number of hydrogen-bond donors (Lipinski definition) is 1. The summed E-state index contributed by atoms with van der Waals surface area (Å²) < 4.78 is 0. The summed E-state index contributed by atoms with van der Waals surface area (Å²) in [5.74, 6) is 0.517. The highest BCUT2D eigenvalue weighted by atomic mass is 14.9. The molecule has 2 aromatic rings. The Morgan fingerprint density at radius 1 is 0.909 bits per heavy atom. The van der Waals surface area contributed by atoms with Gasteiger partial charge in [0.2, 0.25) is 0 Å². The Kier molecular flexibility index (Phi) is 4.15. The Balaban J connectivity index is 2.05. The van der Waals surface area contributed by atoms with Gasteiger partial charge in [0.25, 0.3) is 0 Å². The molecule has 0 saturated heterocycles. The average Bonchev–Trinajstić information content (AvgIpc) is 2.56. The van der Waals surface area contributed by atoms with Crippen LogP contribution in [0.2, 0.25) is 0 Å². The van der Waals surface area contributed by atoms with Crippen molar-refractivity contribution in [1.29, 1.82) is 0 Å². The topological polar surface area (TPSA) is 12.0 Å². The van der Waals surface area contributed by atoms with Gasteiger partial charge in [-0.15, -0.1) is 0 Å². The lowest BCUT2D eigenvalue weighted by atomic mass is 9.89. The minimum Gasteiger partial charge on any atom is -0.381 e. The smallest absolute Gasteiger partial charge is 0.0698 e. The predicted molar refractivity (Wildman–Crippen MR) is 94.9 cm³/mol. The van der Waals surface area contributed by atoms with Crippen LogP contribution in [0.25, 0.3) is 11.1 Å². The minimum atomic E-state index is 0.257. The summed E-state index contributed by atoms with van der Waals surface area (Å²) in [6, 6.07) is 15.9. The Hall–Kier alpha value is -2.28. The van der Waals surface area contributed by atoms with E-state index in [9.17, 15) is 0 Å². The maximum Gasteiger partial charge on any atom is 0.0698 e. The van der Waals surface area contributed by atoms with Gasteiger partial charge >= 0.3 is 0 Å². The number of hydrogen-bond acceptors (Lipinski definition) is 1. The van der Waals surface area contributed by atoms with Gasteiger partial charge in [0, 0.05) is 0 Å². The maximum atomic E-state index is 3.45. The van der Waals surface area contributed by atoms with Gasteiger partial charge in [0.05, 0.1) is 6.04 Å². The van der Waals surface area contributed by atoms with E-state index >= 15 is 0 Å². The standard InChI is InChI=1S/C21H23N/c1-15(2)19-12-11-18(17-9-7-16(3)8-10-17)14-20(19)21-6-4-5-13-22-21/h4-15,21-22H,1-3H3. The molecule has 1 aliphatic heterocycles. The first kappa shape index (κ1) is 14.6. The summed E-state index contributed by atoms with van der Waals surface area (Å²) in [5.41, 5.74) is 6.63. The van der Waals surface area contributed by atoms with Gasteiger partial charge in [-0.3, -0.25) is 0 Å². The number of aryl methyl sites for hydroxylation is 1. The molecule has 0 aromatic heterocycles. The molecular formula is C21H23N. The minimum absolute atomic E-state index is 0.257. The predicted octanol–water partition coefficient (Wildman–Crippen LogP) is 5.50. The van der Waals surface area contributed by atoms with Gasteiger partial charge in [0.15, 0.2) is 0 Å². The molecule has 0 bridgehead atoms. The summed E-state index contributed by atoms with van der Waals surface area (Å²) in [6.45, 7) is 6.64. The van der Waals surface area contributed by atoms with E-state index < -0.39 is 0 Å². The van der Waals surface area contributed by atoms with Crippen LogP contribution in [0.4, 0.5) is 0 Å². The maximum absolute atomic E-state index is 3.45. The Bertz CT molecular complexity index is 705. The third-order valence-corrected chi connectivity index (χ3v) is 4.22. The molecular weight excluding hydrogens is 266 g/mol. The van der Waals surface area contributed by atoms with Crippen molar-refractivity contribution in [3.63, 3.8) is 0 Å². The first-order valence-electron chi connectivity index (χ1n) is 7.95. The second-order valence-electron chi connectivity index (χ2n) is 6.25.